The molecule has 1 amide bonds. The van der Waals surface area contributed by atoms with Crippen LogP contribution in [-0.2, 0) is 9.59 Å². The fourth-order valence-corrected chi connectivity index (χ4v) is 2.04. The van der Waals surface area contributed by atoms with Crippen molar-refractivity contribution >= 4 is 11.9 Å². The smallest absolute Gasteiger partial charge is 0.415 e. The standard InChI is InChI=1S/C11H17F3N2O3/c1-6-3-4-16(7(5-6)8(17)18)9(19)10(2,15)11(12,13)14/h6-7H,3-5,15H2,1-2H3,(H,17,18). The van der Waals surface area contributed by atoms with E-state index in [2.05, 4.69) is 0 Å². The molecule has 1 aliphatic rings. The Morgan fingerprint density at radius 2 is 1.89 bits per heavy atom. The Labute approximate surface area is 108 Å². The van der Waals surface area contributed by atoms with Crippen molar-refractivity contribution in [2.45, 2.75) is 44.4 Å². The summed E-state index contributed by atoms with van der Waals surface area (Å²) in [5.41, 5.74) is 1.99. The molecular formula is C11H17F3N2O3. The number of nitrogens with zero attached hydrogens (tertiary/aromatic N) is 1. The molecule has 3 N–H and O–H groups in total. The number of piperidine rings is 1. The molecule has 0 saturated carbocycles. The van der Waals surface area contributed by atoms with Crippen molar-refractivity contribution in [1.29, 1.82) is 0 Å². The molecule has 110 valence electrons. The maximum Gasteiger partial charge on any atom is 0.415 e. The Kier molecular flexibility index (Phi) is 4.14. The summed E-state index contributed by atoms with van der Waals surface area (Å²) >= 11 is 0. The maximum atomic E-state index is 12.7. The van der Waals surface area contributed by atoms with Crippen LogP contribution in [0.2, 0.25) is 0 Å². The van der Waals surface area contributed by atoms with E-state index in [0.717, 1.165) is 4.90 Å². The zero-order valence-corrected chi connectivity index (χ0v) is 10.7. The lowest BCUT2D eigenvalue weighted by molar-refractivity contribution is -0.197. The first-order chi connectivity index (χ1) is 8.48. The van der Waals surface area contributed by atoms with Gasteiger partial charge in [0.25, 0.3) is 5.91 Å². The van der Waals surface area contributed by atoms with Crippen LogP contribution in [0.4, 0.5) is 13.2 Å². The van der Waals surface area contributed by atoms with Crippen molar-refractivity contribution in [3.05, 3.63) is 0 Å². The van der Waals surface area contributed by atoms with Gasteiger partial charge in [0.1, 0.15) is 6.04 Å². The van der Waals surface area contributed by atoms with Crippen molar-refractivity contribution in [3.8, 4) is 0 Å². The van der Waals surface area contributed by atoms with Crippen LogP contribution in [0.3, 0.4) is 0 Å². The topological polar surface area (TPSA) is 83.6 Å². The molecule has 0 aromatic rings. The average Bonchev–Trinajstić information content (AvgIpc) is 2.26. The molecular weight excluding hydrogens is 265 g/mol. The summed E-state index contributed by atoms with van der Waals surface area (Å²) in [5.74, 6) is -2.66. The second-order valence-corrected chi connectivity index (χ2v) is 5.18. The highest BCUT2D eigenvalue weighted by Gasteiger charge is 2.56. The Hall–Kier alpha value is -1.31. The van der Waals surface area contributed by atoms with Gasteiger partial charge in [-0.15, -0.1) is 0 Å². The second-order valence-electron chi connectivity index (χ2n) is 5.18. The Balaban J connectivity index is 3.00. The SMILES string of the molecule is CC1CCN(C(=O)C(C)(N)C(F)(F)F)C(C(=O)O)C1. The van der Waals surface area contributed by atoms with E-state index >= 15 is 0 Å². The van der Waals surface area contributed by atoms with Crippen LogP contribution < -0.4 is 5.73 Å². The maximum absolute atomic E-state index is 12.7. The summed E-state index contributed by atoms with van der Waals surface area (Å²) in [7, 11) is 0. The van der Waals surface area contributed by atoms with E-state index < -0.39 is 29.6 Å². The van der Waals surface area contributed by atoms with Gasteiger partial charge < -0.3 is 15.7 Å². The van der Waals surface area contributed by atoms with Crippen LogP contribution in [0.15, 0.2) is 0 Å². The van der Waals surface area contributed by atoms with Crippen LogP contribution in [-0.4, -0.2) is 46.2 Å². The number of rotatable bonds is 2. The van der Waals surface area contributed by atoms with Crippen molar-refractivity contribution in [1.82, 2.24) is 4.90 Å². The van der Waals surface area contributed by atoms with Crippen molar-refractivity contribution in [3.63, 3.8) is 0 Å². The van der Waals surface area contributed by atoms with Crippen molar-refractivity contribution < 1.29 is 27.9 Å². The zero-order valence-electron chi connectivity index (χ0n) is 10.7. The first kappa shape index (κ1) is 15.7. The number of amides is 1. The van der Waals surface area contributed by atoms with Gasteiger partial charge in [-0.05, 0) is 25.7 Å². The van der Waals surface area contributed by atoms with E-state index in [-0.39, 0.29) is 18.9 Å². The quantitative estimate of drug-likeness (QED) is 0.790. The molecule has 1 saturated heterocycles. The third-order valence-corrected chi connectivity index (χ3v) is 3.44. The van der Waals surface area contributed by atoms with E-state index in [1.54, 1.807) is 6.92 Å². The molecule has 1 aliphatic heterocycles. The van der Waals surface area contributed by atoms with Crippen LogP contribution >= 0.6 is 0 Å². The number of hydrogen-bond acceptors (Lipinski definition) is 3. The van der Waals surface area contributed by atoms with Crippen molar-refractivity contribution in [2.24, 2.45) is 11.7 Å². The molecule has 1 fully saturated rings. The van der Waals surface area contributed by atoms with Gasteiger partial charge in [0.15, 0.2) is 5.54 Å². The number of halogens is 3. The van der Waals surface area contributed by atoms with Crippen LogP contribution in [0.5, 0.6) is 0 Å². The highest BCUT2D eigenvalue weighted by atomic mass is 19.4. The van der Waals surface area contributed by atoms with Crippen molar-refractivity contribution in [2.75, 3.05) is 6.54 Å². The molecule has 0 spiro atoms. The molecule has 0 aromatic carbocycles. The molecule has 5 nitrogen and oxygen atoms in total. The monoisotopic (exact) mass is 282 g/mol. The number of carbonyl (C=O) groups excluding carboxylic acids is 1. The molecule has 0 radical (unpaired) electrons. The molecule has 1 heterocycles. The molecule has 3 atom stereocenters. The van der Waals surface area contributed by atoms with E-state index in [0.29, 0.717) is 13.3 Å². The molecule has 0 aromatic heterocycles. The number of carbonyl (C=O) groups is 2. The molecule has 1 rings (SSSR count). The van der Waals surface area contributed by atoms with E-state index in [4.69, 9.17) is 10.8 Å². The van der Waals surface area contributed by atoms with E-state index in [9.17, 15) is 22.8 Å². The van der Waals surface area contributed by atoms with E-state index in [1.807, 2.05) is 0 Å². The Bertz CT molecular complexity index is 382. The third kappa shape index (κ3) is 2.99. The molecule has 0 aliphatic carbocycles. The summed E-state index contributed by atoms with van der Waals surface area (Å²) in [6.45, 7) is 2.33. The summed E-state index contributed by atoms with van der Waals surface area (Å²) in [5, 5.41) is 9.03. The first-order valence-electron chi connectivity index (χ1n) is 5.88. The summed E-state index contributed by atoms with van der Waals surface area (Å²) in [6, 6.07) is -1.25. The van der Waals surface area contributed by atoms with Gasteiger partial charge in [-0.25, -0.2) is 4.79 Å². The number of hydrogen-bond donors (Lipinski definition) is 2. The lowest BCUT2D eigenvalue weighted by Crippen LogP contribution is -2.65. The normalized spacial score (nSPS) is 27.8. The largest absolute Gasteiger partial charge is 0.480 e. The highest BCUT2D eigenvalue weighted by Crippen LogP contribution is 2.32. The van der Waals surface area contributed by atoms with Crippen LogP contribution in [0, 0.1) is 5.92 Å². The predicted octanol–water partition coefficient (Wildman–Crippen LogP) is 0.978. The van der Waals surface area contributed by atoms with Gasteiger partial charge in [-0.1, -0.05) is 6.92 Å². The van der Waals surface area contributed by atoms with Gasteiger partial charge in [-0.2, -0.15) is 13.2 Å². The Morgan fingerprint density at radius 3 is 2.32 bits per heavy atom. The lowest BCUT2D eigenvalue weighted by Gasteiger charge is -2.40. The zero-order chi connectivity index (χ0) is 15.0. The molecule has 0 bridgehead atoms. The second kappa shape index (κ2) is 4.99. The van der Waals surface area contributed by atoms with E-state index in [1.165, 1.54) is 0 Å². The number of carboxylic acids is 1. The fraction of sp³-hybridized carbons (Fsp3) is 0.818. The molecule has 8 heteroatoms. The predicted molar refractivity (Wildman–Crippen MR) is 60.2 cm³/mol. The summed E-state index contributed by atoms with van der Waals surface area (Å²) in [6.07, 6.45) is -4.32. The number of alkyl halides is 3. The van der Waals surface area contributed by atoms with Crippen LogP contribution in [0.25, 0.3) is 0 Å². The summed E-state index contributed by atoms with van der Waals surface area (Å²) < 4.78 is 38.2. The number of aliphatic carboxylic acids is 1. The Morgan fingerprint density at radius 1 is 1.37 bits per heavy atom. The number of likely N-dealkylation sites (tertiary alicyclic amines) is 1. The number of carboxylic acid groups (broad SMARTS) is 1. The first-order valence-corrected chi connectivity index (χ1v) is 5.88. The average molecular weight is 282 g/mol. The highest BCUT2D eigenvalue weighted by molar-refractivity contribution is 5.90. The molecule has 19 heavy (non-hydrogen) atoms. The lowest BCUT2D eigenvalue weighted by atomic mass is 9.90. The molecule has 3 unspecified atom stereocenters. The van der Waals surface area contributed by atoms with Gasteiger partial charge in [-0.3, -0.25) is 4.79 Å². The minimum absolute atomic E-state index is 0.0279. The third-order valence-electron chi connectivity index (χ3n) is 3.44. The summed E-state index contributed by atoms with van der Waals surface area (Å²) in [4.78, 5) is 23.7. The van der Waals surface area contributed by atoms with Gasteiger partial charge in [0.2, 0.25) is 0 Å². The van der Waals surface area contributed by atoms with Crippen LogP contribution in [0.1, 0.15) is 26.7 Å². The van der Waals surface area contributed by atoms with Gasteiger partial charge >= 0.3 is 12.1 Å². The minimum atomic E-state index is -4.92. The fourth-order valence-electron chi connectivity index (χ4n) is 2.04. The number of nitrogens with two attached hydrogens (primary N) is 1. The van der Waals surface area contributed by atoms with Gasteiger partial charge in [0.05, 0.1) is 0 Å². The minimum Gasteiger partial charge on any atom is -0.480 e. The van der Waals surface area contributed by atoms with Gasteiger partial charge in [0, 0.05) is 6.54 Å².